The van der Waals surface area contributed by atoms with Crippen LogP contribution >= 0.6 is 11.3 Å². The van der Waals surface area contributed by atoms with Crippen LogP contribution in [0.2, 0.25) is 0 Å². The molecule has 4 nitrogen and oxygen atoms in total. The number of nitrogens with zero attached hydrogens (tertiary/aromatic N) is 2. The SMILES string of the molecule is CN1CCN(C(=O)C2CCC2)C[C@@H](Cc2ccc(-c3cccs3)cc2)C1=O. The second-order valence-corrected chi connectivity index (χ2v) is 8.69. The van der Waals surface area contributed by atoms with E-state index in [4.69, 9.17) is 0 Å². The van der Waals surface area contributed by atoms with Crippen LogP contribution in [0.3, 0.4) is 0 Å². The van der Waals surface area contributed by atoms with Gasteiger partial charge in [-0.2, -0.15) is 0 Å². The van der Waals surface area contributed by atoms with E-state index in [2.05, 4.69) is 41.8 Å². The zero-order valence-electron chi connectivity index (χ0n) is 15.8. The van der Waals surface area contributed by atoms with Crippen LogP contribution in [0.15, 0.2) is 41.8 Å². The summed E-state index contributed by atoms with van der Waals surface area (Å²) in [6.07, 6.45) is 3.85. The molecule has 1 aromatic carbocycles. The molecule has 0 bridgehead atoms. The smallest absolute Gasteiger partial charge is 0.227 e. The lowest BCUT2D eigenvalue weighted by Crippen LogP contribution is -2.42. The maximum Gasteiger partial charge on any atom is 0.227 e. The van der Waals surface area contributed by atoms with Crippen molar-refractivity contribution >= 4 is 23.2 Å². The highest BCUT2D eigenvalue weighted by molar-refractivity contribution is 7.13. The van der Waals surface area contributed by atoms with Crippen molar-refractivity contribution in [1.82, 2.24) is 9.80 Å². The summed E-state index contributed by atoms with van der Waals surface area (Å²) in [6, 6.07) is 12.7. The van der Waals surface area contributed by atoms with Gasteiger partial charge in [0.25, 0.3) is 0 Å². The standard InChI is InChI=1S/C22H26N2O2S/c1-23-11-12-24(22(26)18-4-2-5-18)15-19(21(23)25)14-16-7-9-17(10-8-16)20-6-3-13-27-20/h3,6-10,13,18-19H,2,4-5,11-12,14-15H2,1H3/t19-/m1/s1. The van der Waals surface area contributed by atoms with E-state index in [0.717, 1.165) is 24.8 Å². The summed E-state index contributed by atoms with van der Waals surface area (Å²) in [6.45, 7) is 1.84. The molecule has 1 aromatic heterocycles. The molecule has 1 aliphatic heterocycles. The highest BCUT2D eigenvalue weighted by Gasteiger charge is 2.35. The van der Waals surface area contributed by atoms with Crippen molar-refractivity contribution in [3.63, 3.8) is 0 Å². The molecular weight excluding hydrogens is 356 g/mol. The van der Waals surface area contributed by atoms with Gasteiger partial charge in [0.2, 0.25) is 11.8 Å². The van der Waals surface area contributed by atoms with Crippen LogP contribution in [0.1, 0.15) is 24.8 Å². The summed E-state index contributed by atoms with van der Waals surface area (Å²) in [5.41, 5.74) is 2.36. The van der Waals surface area contributed by atoms with Gasteiger partial charge in [0.05, 0.1) is 5.92 Å². The molecule has 0 unspecified atom stereocenters. The zero-order chi connectivity index (χ0) is 18.8. The van der Waals surface area contributed by atoms with E-state index in [-0.39, 0.29) is 23.7 Å². The molecule has 5 heteroatoms. The van der Waals surface area contributed by atoms with Gasteiger partial charge in [-0.15, -0.1) is 11.3 Å². The third-order valence-corrected chi connectivity index (χ3v) is 6.80. The Balaban J connectivity index is 1.47. The fourth-order valence-electron chi connectivity index (χ4n) is 3.93. The predicted molar refractivity (Wildman–Crippen MR) is 109 cm³/mol. The topological polar surface area (TPSA) is 40.6 Å². The number of carbonyl (C=O) groups is 2. The lowest BCUT2D eigenvalue weighted by molar-refractivity contribution is -0.138. The summed E-state index contributed by atoms with van der Waals surface area (Å²) in [7, 11) is 1.85. The molecule has 1 atom stereocenters. The van der Waals surface area contributed by atoms with Gasteiger partial charge in [-0.05, 0) is 41.8 Å². The number of rotatable bonds is 4. The van der Waals surface area contributed by atoms with Gasteiger partial charge >= 0.3 is 0 Å². The second-order valence-electron chi connectivity index (χ2n) is 7.75. The van der Waals surface area contributed by atoms with E-state index in [0.29, 0.717) is 26.1 Å². The van der Waals surface area contributed by atoms with Crippen LogP contribution in [0, 0.1) is 11.8 Å². The van der Waals surface area contributed by atoms with Gasteiger partial charge in [0.15, 0.2) is 0 Å². The first-order chi connectivity index (χ1) is 13.1. The molecule has 0 N–H and O–H groups in total. The maximum absolute atomic E-state index is 12.8. The molecule has 4 rings (SSSR count). The number of likely N-dealkylation sites (N-methyl/N-ethyl adjacent to an activating group) is 1. The van der Waals surface area contributed by atoms with Gasteiger partial charge in [-0.1, -0.05) is 36.8 Å². The van der Waals surface area contributed by atoms with Crippen molar-refractivity contribution in [1.29, 1.82) is 0 Å². The van der Waals surface area contributed by atoms with E-state index in [1.807, 2.05) is 11.9 Å². The highest BCUT2D eigenvalue weighted by Crippen LogP contribution is 2.30. The molecule has 27 heavy (non-hydrogen) atoms. The number of amides is 2. The Morgan fingerprint density at radius 1 is 1.15 bits per heavy atom. The quantitative estimate of drug-likeness (QED) is 0.809. The summed E-state index contributed by atoms with van der Waals surface area (Å²) in [5.74, 6) is 0.437. The molecule has 142 valence electrons. The fraction of sp³-hybridized carbons (Fsp3) is 0.455. The number of carbonyl (C=O) groups excluding carboxylic acids is 2. The van der Waals surface area contributed by atoms with E-state index < -0.39 is 0 Å². The number of benzene rings is 1. The minimum absolute atomic E-state index is 0.154. The third kappa shape index (κ3) is 3.93. The second kappa shape index (κ2) is 7.85. The van der Waals surface area contributed by atoms with Crippen molar-refractivity contribution < 1.29 is 9.59 Å². The molecule has 0 radical (unpaired) electrons. The first-order valence-electron chi connectivity index (χ1n) is 9.78. The van der Waals surface area contributed by atoms with Crippen molar-refractivity contribution in [3.05, 3.63) is 47.3 Å². The Morgan fingerprint density at radius 3 is 2.56 bits per heavy atom. The van der Waals surface area contributed by atoms with Gasteiger partial charge in [0, 0.05) is 37.5 Å². The summed E-state index contributed by atoms with van der Waals surface area (Å²) in [4.78, 5) is 30.5. The van der Waals surface area contributed by atoms with Crippen LogP contribution in [0.25, 0.3) is 10.4 Å². The molecule has 2 aliphatic rings. The van der Waals surface area contributed by atoms with E-state index in [1.165, 1.54) is 10.4 Å². The van der Waals surface area contributed by atoms with E-state index in [9.17, 15) is 9.59 Å². The maximum atomic E-state index is 12.8. The lowest BCUT2D eigenvalue weighted by Gasteiger charge is -2.31. The van der Waals surface area contributed by atoms with Crippen molar-refractivity contribution in [2.75, 3.05) is 26.7 Å². The monoisotopic (exact) mass is 382 g/mol. The number of hydrogen-bond donors (Lipinski definition) is 0. The van der Waals surface area contributed by atoms with E-state index in [1.54, 1.807) is 16.2 Å². The van der Waals surface area contributed by atoms with Gasteiger partial charge in [-0.3, -0.25) is 9.59 Å². The Labute approximate surface area is 164 Å². The van der Waals surface area contributed by atoms with Crippen LogP contribution < -0.4 is 0 Å². The molecule has 0 spiro atoms. The molecule has 2 amide bonds. The van der Waals surface area contributed by atoms with Crippen LogP contribution in [0.4, 0.5) is 0 Å². The summed E-state index contributed by atoms with van der Waals surface area (Å²) >= 11 is 1.73. The zero-order valence-corrected chi connectivity index (χ0v) is 16.6. The molecular formula is C22H26N2O2S. The third-order valence-electron chi connectivity index (χ3n) is 5.88. The van der Waals surface area contributed by atoms with Gasteiger partial charge in [-0.25, -0.2) is 0 Å². The molecule has 2 fully saturated rings. The summed E-state index contributed by atoms with van der Waals surface area (Å²) < 4.78 is 0. The Bertz CT molecular complexity index is 796. The summed E-state index contributed by atoms with van der Waals surface area (Å²) in [5, 5.41) is 2.08. The highest BCUT2D eigenvalue weighted by atomic mass is 32.1. The predicted octanol–water partition coefficient (Wildman–Crippen LogP) is 3.67. The van der Waals surface area contributed by atoms with Crippen LogP contribution in [-0.2, 0) is 16.0 Å². The van der Waals surface area contributed by atoms with Gasteiger partial charge in [0.1, 0.15) is 0 Å². The lowest BCUT2D eigenvalue weighted by atomic mass is 9.84. The molecule has 1 saturated carbocycles. The first kappa shape index (κ1) is 18.2. The van der Waals surface area contributed by atoms with Crippen molar-refractivity contribution in [3.8, 4) is 10.4 Å². The minimum Gasteiger partial charge on any atom is -0.344 e. The minimum atomic E-state index is -0.158. The number of hydrogen-bond acceptors (Lipinski definition) is 3. The Morgan fingerprint density at radius 2 is 1.93 bits per heavy atom. The van der Waals surface area contributed by atoms with Crippen molar-refractivity contribution in [2.24, 2.45) is 11.8 Å². The van der Waals surface area contributed by atoms with Gasteiger partial charge < -0.3 is 9.80 Å². The van der Waals surface area contributed by atoms with E-state index >= 15 is 0 Å². The average molecular weight is 383 g/mol. The normalized spacial score (nSPS) is 21.1. The Kier molecular flexibility index (Phi) is 5.30. The molecule has 2 heterocycles. The fourth-order valence-corrected chi connectivity index (χ4v) is 4.66. The molecule has 2 aromatic rings. The van der Waals surface area contributed by atoms with Crippen molar-refractivity contribution in [2.45, 2.75) is 25.7 Å². The largest absolute Gasteiger partial charge is 0.344 e. The Hall–Kier alpha value is -2.14. The number of thiophene rings is 1. The average Bonchev–Trinajstić information content (AvgIpc) is 3.12. The molecule has 1 saturated heterocycles. The molecule has 1 aliphatic carbocycles. The van der Waals surface area contributed by atoms with Crippen LogP contribution in [0.5, 0.6) is 0 Å². The first-order valence-corrected chi connectivity index (χ1v) is 10.7. The van der Waals surface area contributed by atoms with Crippen LogP contribution in [-0.4, -0.2) is 48.3 Å².